The number of ketones is 2. The summed E-state index contributed by atoms with van der Waals surface area (Å²) in [5.41, 5.74) is 2.66. The lowest BCUT2D eigenvalue weighted by molar-refractivity contribution is -0.129. The van der Waals surface area contributed by atoms with Crippen molar-refractivity contribution >= 4 is 34.1 Å². The molecule has 1 heterocycles. The number of aryl methyl sites for hydroxylation is 1. The number of rotatable bonds is 4. The standard InChI is InChI=1S/C28H26ClNO3/c1-2-15-7-10-20(33-23-12-8-18-13-19(29)9-11-22(18)30-23)14-21(15)26-27(31)24-16-3-4-17(6-5-16)25(24)28(26)32/h7-14,16-17,24-26H,2-6H2,1H3. The fourth-order valence-corrected chi connectivity index (χ4v) is 6.76. The Morgan fingerprint density at radius 2 is 1.61 bits per heavy atom. The van der Waals surface area contributed by atoms with Crippen LogP contribution in [0.25, 0.3) is 10.9 Å². The van der Waals surface area contributed by atoms with Crippen molar-refractivity contribution in [3.63, 3.8) is 0 Å². The van der Waals surface area contributed by atoms with Gasteiger partial charge in [0.15, 0.2) is 11.6 Å². The van der Waals surface area contributed by atoms with Gasteiger partial charge in [-0.3, -0.25) is 9.59 Å². The van der Waals surface area contributed by atoms with Gasteiger partial charge in [0.05, 0.1) is 5.52 Å². The van der Waals surface area contributed by atoms with Gasteiger partial charge >= 0.3 is 0 Å². The second kappa shape index (κ2) is 7.95. The van der Waals surface area contributed by atoms with Gasteiger partial charge in [0, 0.05) is 28.3 Å². The van der Waals surface area contributed by atoms with Crippen LogP contribution >= 0.6 is 11.6 Å². The van der Waals surface area contributed by atoms with E-state index in [9.17, 15) is 9.59 Å². The number of hydrogen-bond acceptors (Lipinski definition) is 4. The maximum Gasteiger partial charge on any atom is 0.219 e. The van der Waals surface area contributed by atoms with Crippen molar-refractivity contribution in [2.45, 2.75) is 44.9 Å². The summed E-state index contributed by atoms with van der Waals surface area (Å²) in [6.07, 6.45) is 5.16. The largest absolute Gasteiger partial charge is 0.439 e. The Hall–Kier alpha value is -2.72. The molecule has 4 aliphatic rings. The molecule has 0 aliphatic heterocycles. The molecule has 4 nitrogen and oxygen atoms in total. The van der Waals surface area contributed by atoms with Gasteiger partial charge in [0.25, 0.3) is 0 Å². The van der Waals surface area contributed by atoms with Crippen LogP contribution in [-0.2, 0) is 16.0 Å². The van der Waals surface area contributed by atoms with Gasteiger partial charge in [-0.05, 0) is 91.5 Å². The van der Waals surface area contributed by atoms with Gasteiger partial charge in [0.1, 0.15) is 11.7 Å². The quantitative estimate of drug-likeness (QED) is 0.416. The van der Waals surface area contributed by atoms with Crippen molar-refractivity contribution in [1.29, 1.82) is 0 Å². The van der Waals surface area contributed by atoms with Crippen molar-refractivity contribution in [3.05, 3.63) is 64.7 Å². The average molecular weight is 460 g/mol. The van der Waals surface area contributed by atoms with E-state index in [1.807, 2.05) is 42.5 Å². The summed E-state index contributed by atoms with van der Waals surface area (Å²) in [6, 6.07) is 15.1. The highest BCUT2D eigenvalue weighted by molar-refractivity contribution is 6.31. The van der Waals surface area contributed by atoms with Crippen molar-refractivity contribution < 1.29 is 14.3 Å². The molecule has 2 unspecified atom stereocenters. The molecule has 0 amide bonds. The monoisotopic (exact) mass is 459 g/mol. The summed E-state index contributed by atoms with van der Waals surface area (Å²) in [5, 5.41) is 1.61. The van der Waals surface area contributed by atoms with E-state index in [-0.39, 0.29) is 23.4 Å². The van der Waals surface area contributed by atoms with Crippen LogP contribution < -0.4 is 4.74 Å². The van der Waals surface area contributed by atoms with Gasteiger partial charge in [0.2, 0.25) is 5.88 Å². The van der Waals surface area contributed by atoms with Crippen LogP contribution in [0.5, 0.6) is 11.6 Å². The number of carbonyl (C=O) groups excluding carboxylic acids is 2. The fraction of sp³-hybridized carbons (Fsp3) is 0.393. The minimum atomic E-state index is -0.647. The molecule has 2 atom stereocenters. The summed E-state index contributed by atoms with van der Waals surface area (Å²) < 4.78 is 6.09. The molecular formula is C28H26ClNO3. The highest BCUT2D eigenvalue weighted by Gasteiger charge is 2.59. The second-order valence-electron chi connectivity index (χ2n) is 9.77. The molecule has 33 heavy (non-hydrogen) atoms. The summed E-state index contributed by atoms with van der Waals surface area (Å²) in [4.78, 5) is 31.7. The first-order chi connectivity index (χ1) is 16.0. The molecule has 7 rings (SSSR count). The van der Waals surface area contributed by atoms with Crippen LogP contribution in [0.15, 0.2) is 48.5 Å². The normalized spacial score (nSPS) is 28.4. The first-order valence-corrected chi connectivity index (χ1v) is 12.4. The Morgan fingerprint density at radius 3 is 2.27 bits per heavy atom. The van der Waals surface area contributed by atoms with Crippen LogP contribution in [0, 0.1) is 23.7 Å². The molecule has 4 fully saturated rings. The highest BCUT2D eigenvalue weighted by Crippen LogP contribution is 2.56. The lowest BCUT2D eigenvalue weighted by Crippen LogP contribution is -2.41. The number of aromatic nitrogens is 1. The second-order valence-corrected chi connectivity index (χ2v) is 10.2. The van der Waals surface area contributed by atoms with E-state index in [1.165, 1.54) is 0 Å². The smallest absolute Gasteiger partial charge is 0.219 e. The first-order valence-electron chi connectivity index (χ1n) is 12.0. The Balaban J connectivity index is 1.34. The Bertz CT molecular complexity index is 1250. The molecule has 1 aromatic heterocycles. The molecule has 0 spiro atoms. The molecule has 4 aliphatic carbocycles. The number of Topliss-reactive ketones (excluding diaryl/α,β-unsaturated/α-hetero) is 2. The maximum atomic E-state index is 13.6. The van der Waals surface area contributed by atoms with Crippen LogP contribution in [0.3, 0.4) is 0 Å². The van der Waals surface area contributed by atoms with Gasteiger partial charge in [-0.25, -0.2) is 4.98 Å². The number of fused-ring (bicyclic) bond motifs is 3. The maximum absolute atomic E-state index is 13.6. The predicted molar refractivity (Wildman–Crippen MR) is 128 cm³/mol. The number of benzene rings is 2. The molecule has 0 saturated heterocycles. The van der Waals surface area contributed by atoms with Gasteiger partial charge in [-0.15, -0.1) is 0 Å². The third kappa shape index (κ3) is 3.38. The highest BCUT2D eigenvalue weighted by atomic mass is 35.5. The number of pyridine rings is 1. The summed E-state index contributed by atoms with van der Waals surface area (Å²) >= 11 is 6.07. The molecule has 5 heteroatoms. The van der Waals surface area contributed by atoms with E-state index in [4.69, 9.17) is 16.3 Å². The van der Waals surface area contributed by atoms with E-state index in [0.717, 1.165) is 54.1 Å². The lowest BCUT2D eigenvalue weighted by atomic mass is 9.59. The van der Waals surface area contributed by atoms with Gasteiger partial charge in [-0.1, -0.05) is 24.6 Å². The van der Waals surface area contributed by atoms with Crippen LogP contribution in [0.2, 0.25) is 5.02 Å². The first kappa shape index (κ1) is 20.9. The third-order valence-electron chi connectivity index (χ3n) is 8.10. The number of hydrogen-bond donors (Lipinski definition) is 0. The summed E-state index contributed by atoms with van der Waals surface area (Å²) in [5.74, 6) is 1.35. The fourth-order valence-electron chi connectivity index (χ4n) is 6.58. The molecule has 2 aromatic carbocycles. The number of nitrogens with zero attached hydrogens (tertiary/aromatic N) is 1. The van der Waals surface area contributed by atoms with Gasteiger partial charge < -0.3 is 4.74 Å². The Labute approximate surface area is 198 Å². The minimum absolute atomic E-state index is 0.0711. The predicted octanol–water partition coefficient (Wildman–Crippen LogP) is 6.53. The van der Waals surface area contributed by atoms with E-state index in [1.54, 1.807) is 6.07 Å². The minimum Gasteiger partial charge on any atom is -0.439 e. The van der Waals surface area contributed by atoms with Crippen LogP contribution in [0.4, 0.5) is 0 Å². The van der Waals surface area contributed by atoms with E-state index in [0.29, 0.717) is 28.5 Å². The van der Waals surface area contributed by atoms with Crippen LogP contribution in [-0.4, -0.2) is 16.6 Å². The zero-order valence-corrected chi connectivity index (χ0v) is 19.3. The molecule has 0 N–H and O–H groups in total. The molecule has 2 bridgehead atoms. The van der Waals surface area contributed by atoms with Gasteiger partial charge in [-0.2, -0.15) is 0 Å². The summed E-state index contributed by atoms with van der Waals surface area (Å²) in [7, 11) is 0. The molecule has 0 radical (unpaired) electrons. The lowest BCUT2D eigenvalue weighted by Gasteiger charge is -2.43. The zero-order chi connectivity index (χ0) is 22.7. The van der Waals surface area contributed by atoms with E-state index in [2.05, 4.69) is 11.9 Å². The Kier molecular flexibility index (Phi) is 5.02. The summed E-state index contributed by atoms with van der Waals surface area (Å²) in [6.45, 7) is 2.07. The number of halogens is 1. The third-order valence-corrected chi connectivity index (χ3v) is 8.34. The molecule has 4 saturated carbocycles. The van der Waals surface area contributed by atoms with Crippen molar-refractivity contribution in [3.8, 4) is 11.6 Å². The van der Waals surface area contributed by atoms with E-state index < -0.39 is 5.92 Å². The molecule has 3 aromatic rings. The molecular weight excluding hydrogens is 434 g/mol. The number of ether oxygens (including phenoxy) is 1. The van der Waals surface area contributed by atoms with Crippen molar-refractivity contribution in [2.75, 3.05) is 0 Å². The number of carbonyl (C=O) groups is 2. The van der Waals surface area contributed by atoms with Crippen LogP contribution in [0.1, 0.15) is 49.7 Å². The Morgan fingerprint density at radius 1 is 0.909 bits per heavy atom. The van der Waals surface area contributed by atoms with Crippen molar-refractivity contribution in [1.82, 2.24) is 4.98 Å². The topological polar surface area (TPSA) is 56.3 Å². The SMILES string of the molecule is CCc1ccc(Oc2ccc3cc(Cl)ccc3n2)cc1C1C(=O)C2C3CCC(CC3)C2C1=O. The van der Waals surface area contributed by atoms with E-state index >= 15 is 0 Å². The zero-order valence-electron chi connectivity index (χ0n) is 18.6. The molecule has 168 valence electrons. The van der Waals surface area contributed by atoms with Crippen molar-refractivity contribution in [2.24, 2.45) is 23.7 Å². The average Bonchev–Trinajstić information content (AvgIpc) is 3.12.